The van der Waals surface area contributed by atoms with E-state index in [1.54, 1.807) is 37.8 Å². The summed E-state index contributed by atoms with van der Waals surface area (Å²) in [6.45, 7) is 0. The third-order valence-electron chi connectivity index (χ3n) is 3.85. The zero-order valence-corrected chi connectivity index (χ0v) is 16.7. The van der Waals surface area contributed by atoms with Crippen LogP contribution in [0.5, 0.6) is 5.75 Å². The minimum atomic E-state index is -0.450. The zero-order chi connectivity index (χ0) is 20.5. The summed E-state index contributed by atoms with van der Waals surface area (Å²) in [7, 11) is 4.47. The van der Waals surface area contributed by atoms with E-state index in [4.69, 9.17) is 26.8 Å². The summed E-state index contributed by atoms with van der Waals surface area (Å²) >= 11 is 6.37. The first-order valence-corrected chi connectivity index (χ1v) is 8.76. The van der Waals surface area contributed by atoms with Crippen molar-refractivity contribution in [3.63, 3.8) is 0 Å². The number of hydrogen-bond donors (Lipinski definition) is 2. The maximum Gasteiger partial charge on any atom is 0.337 e. The average molecular weight is 404 g/mol. The number of carbonyl (C=O) groups is 1. The summed E-state index contributed by atoms with van der Waals surface area (Å²) < 4.78 is 10.0. The number of anilines is 1. The molecule has 0 saturated heterocycles. The van der Waals surface area contributed by atoms with E-state index in [1.165, 1.54) is 20.4 Å². The largest absolute Gasteiger partial charge is 0.495 e. The highest BCUT2D eigenvalue weighted by molar-refractivity contribution is 6.33. The fourth-order valence-corrected chi connectivity index (χ4v) is 2.72. The summed E-state index contributed by atoms with van der Waals surface area (Å²) in [4.78, 5) is 24.3. The molecule has 0 aliphatic rings. The van der Waals surface area contributed by atoms with Crippen LogP contribution >= 0.6 is 11.6 Å². The van der Waals surface area contributed by atoms with Gasteiger partial charge in [0.05, 0.1) is 30.5 Å². The van der Waals surface area contributed by atoms with Gasteiger partial charge >= 0.3 is 5.97 Å². The summed E-state index contributed by atoms with van der Waals surface area (Å²) in [6.07, 6.45) is 7.58. The van der Waals surface area contributed by atoms with Crippen LogP contribution in [0.1, 0.15) is 21.5 Å². The van der Waals surface area contributed by atoms with Crippen LogP contribution in [0.4, 0.5) is 5.95 Å². The van der Waals surface area contributed by atoms with Gasteiger partial charge in [0, 0.05) is 31.9 Å². The molecular weight excluding hydrogens is 382 g/mol. The topological polar surface area (TPSA) is 112 Å². The highest BCUT2D eigenvalue weighted by Gasteiger charge is 2.15. The molecule has 0 fully saturated rings. The number of nitrogens with two attached hydrogens (primary N) is 1. The smallest absolute Gasteiger partial charge is 0.337 e. The summed E-state index contributed by atoms with van der Waals surface area (Å²) in [5.41, 5.74) is 8.16. The van der Waals surface area contributed by atoms with Gasteiger partial charge in [-0.1, -0.05) is 11.6 Å². The fraction of sp³-hybridized carbons (Fsp3) is 0.263. The van der Waals surface area contributed by atoms with Crippen molar-refractivity contribution in [3.8, 4) is 5.75 Å². The van der Waals surface area contributed by atoms with Gasteiger partial charge in [0.25, 0.3) is 0 Å². The Hall–Kier alpha value is -3.13. The molecule has 2 aromatic rings. The Morgan fingerprint density at radius 2 is 2.00 bits per heavy atom. The fourth-order valence-electron chi connectivity index (χ4n) is 2.43. The minimum absolute atomic E-state index is 0.383. The number of aliphatic imine (C=N–C) groups is 1. The lowest BCUT2D eigenvalue weighted by Gasteiger charge is -2.11. The number of rotatable bonds is 8. The van der Waals surface area contributed by atoms with Crippen molar-refractivity contribution in [2.24, 2.45) is 10.7 Å². The van der Waals surface area contributed by atoms with Gasteiger partial charge in [-0.25, -0.2) is 14.8 Å². The van der Waals surface area contributed by atoms with Gasteiger partial charge in [0.15, 0.2) is 0 Å². The second-order valence-electron chi connectivity index (χ2n) is 5.69. The minimum Gasteiger partial charge on any atom is -0.495 e. The Labute approximate surface area is 168 Å². The quantitative estimate of drug-likeness (QED) is 0.514. The van der Waals surface area contributed by atoms with Crippen molar-refractivity contribution in [3.05, 3.63) is 58.1 Å². The van der Waals surface area contributed by atoms with Crippen LogP contribution in [-0.4, -0.2) is 43.4 Å². The average Bonchev–Trinajstić information content (AvgIpc) is 2.73. The molecule has 0 bridgehead atoms. The summed E-state index contributed by atoms with van der Waals surface area (Å²) in [6, 6.07) is 3.26. The number of aromatic nitrogens is 2. The van der Waals surface area contributed by atoms with Crippen LogP contribution in [0.25, 0.3) is 0 Å². The van der Waals surface area contributed by atoms with E-state index in [0.717, 1.165) is 11.1 Å². The number of halogens is 1. The van der Waals surface area contributed by atoms with Gasteiger partial charge in [-0.3, -0.25) is 4.99 Å². The number of esters is 1. The van der Waals surface area contributed by atoms with Crippen LogP contribution in [-0.2, 0) is 17.6 Å². The Kier molecular flexibility index (Phi) is 7.76. The molecule has 3 N–H and O–H groups in total. The predicted molar refractivity (Wildman–Crippen MR) is 109 cm³/mol. The second kappa shape index (κ2) is 10.3. The maximum atomic E-state index is 11.8. The van der Waals surface area contributed by atoms with Gasteiger partial charge in [-0.2, -0.15) is 0 Å². The molecule has 0 spiro atoms. The molecule has 0 saturated carbocycles. The number of aryl methyl sites for hydroxylation is 2. The first-order chi connectivity index (χ1) is 13.5. The normalized spacial score (nSPS) is 11.5. The molecule has 2 rings (SSSR count). The van der Waals surface area contributed by atoms with Gasteiger partial charge < -0.3 is 20.5 Å². The van der Waals surface area contributed by atoms with Crippen LogP contribution in [0.3, 0.4) is 0 Å². The van der Waals surface area contributed by atoms with Crippen molar-refractivity contribution in [1.82, 2.24) is 9.97 Å². The lowest BCUT2D eigenvalue weighted by Crippen LogP contribution is -2.07. The lowest BCUT2D eigenvalue weighted by atomic mass is 10.0. The van der Waals surface area contributed by atoms with E-state index in [-0.39, 0.29) is 0 Å². The van der Waals surface area contributed by atoms with E-state index in [9.17, 15) is 4.79 Å². The number of methoxy groups -OCH3 is 2. The monoisotopic (exact) mass is 403 g/mol. The van der Waals surface area contributed by atoms with Crippen LogP contribution in [0, 0.1) is 0 Å². The molecule has 0 amide bonds. The van der Waals surface area contributed by atoms with E-state index >= 15 is 0 Å². The molecule has 0 radical (unpaired) electrons. The second-order valence-corrected chi connectivity index (χ2v) is 6.07. The Morgan fingerprint density at radius 1 is 1.29 bits per heavy atom. The third kappa shape index (κ3) is 5.43. The number of allylic oxidation sites excluding steroid dienone is 1. The van der Waals surface area contributed by atoms with E-state index in [1.807, 2.05) is 0 Å². The first kappa shape index (κ1) is 21.2. The van der Waals surface area contributed by atoms with Gasteiger partial charge in [-0.15, -0.1) is 0 Å². The van der Waals surface area contributed by atoms with E-state index in [0.29, 0.717) is 40.8 Å². The maximum absolute atomic E-state index is 11.8. The Morgan fingerprint density at radius 3 is 2.57 bits per heavy atom. The molecular formula is C19H22ClN5O3. The van der Waals surface area contributed by atoms with Crippen molar-refractivity contribution in [2.75, 3.05) is 26.6 Å². The van der Waals surface area contributed by atoms with Gasteiger partial charge in [-0.05, 0) is 36.1 Å². The number of carbonyl (C=O) groups excluding carboxylic acids is 1. The Bertz CT molecular complexity index is 882. The molecule has 9 heteroatoms. The highest BCUT2D eigenvalue weighted by Crippen LogP contribution is 2.31. The van der Waals surface area contributed by atoms with Crippen molar-refractivity contribution >= 4 is 29.7 Å². The molecule has 148 valence electrons. The predicted octanol–water partition coefficient (Wildman–Crippen LogP) is 2.62. The lowest BCUT2D eigenvalue weighted by molar-refractivity contribution is 0.0600. The molecule has 1 aromatic carbocycles. The standard InChI is InChI=1S/C19H22ClN5O3/c1-22-11-15(8-21)25-19-23-9-12(10-24-19)4-5-13-6-14(18(26)28-3)7-16(27-2)17(13)20/h6-11H,4-5,21H2,1-3H3,(H,23,24,25). The number of ether oxygens (including phenoxy) is 2. The molecule has 8 nitrogen and oxygen atoms in total. The molecule has 0 atom stereocenters. The number of hydrogen-bond acceptors (Lipinski definition) is 8. The number of nitrogens with zero attached hydrogens (tertiary/aromatic N) is 3. The van der Waals surface area contributed by atoms with Crippen LogP contribution in [0.15, 0.2) is 41.4 Å². The highest BCUT2D eigenvalue weighted by atomic mass is 35.5. The first-order valence-electron chi connectivity index (χ1n) is 8.39. The third-order valence-corrected chi connectivity index (χ3v) is 4.28. The van der Waals surface area contributed by atoms with E-state index < -0.39 is 5.97 Å². The molecule has 1 heterocycles. The van der Waals surface area contributed by atoms with Crippen LogP contribution in [0.2, 0.25) is 5.02 Å². The van der Waals surface area contributed by atoms with Crippen molar-refractivity contribution in [1.29, 1.82) is 0 Å². The molecule has 0 unspecified atom stereocenters. The molecule has 0 aliphatic heterocycles. The molecule has 28 heavy (non-hydrogen) atoms. The molecule has 0 aliphatic carbocycles. The number of nitrogens with one attached hydrogen (secondary N) is 1. The van der Waals surface area contributed by atoms with Gasteiger partial charge in [0.1, 0.15) is 5.75 Å². The zero-order valence-electron chi connectivity index (χ0n) is 15.9. The summed E-state index contributed by atoms with van der Waals surface area (Å²) in [5.74, 6) is 0.385. The SMILES string of the molecule is CN=CC(=CN)Nc1ncc(CCc2cc(C(=O)OC)cc(OC)c2Cl)cn1. The Balaban J connectivity index is 2.12. The van der Waals surface area contributed by atoms with Crippen molar-refractivity contribution in [2.45, 2.75) is 12.8 Å². The number of benzene rings is 1. The van der Waals surface area contributed by atoms with Gasteiger partial charge in [0.2, 0.25) is 5.95 Å². The summed E-state index contributed by atoms with van der Waals surface area (Å²) in [5, 5.41) is 3.42. The van der Waals surface area contributed by atoms with Crippen molar-refractivity contribution < 1.29 is 14.3 Å². The van der Waals surface area contributed by atoms with E-state index in [2.05, 4.69) is 20.3 Å². The van der Waals surface area contributed by atoms with Crippen LogP contribution < -0.4 is 15.8 Å². The molecule has 1 aromatic heterocycles.